The third kappa shape index (κ3) is 7.07. The molecular weight excluding hydrogens is 572 g/mol. The van der Waals surface area contributed by atoms with Crippen LogP contribution in [0.4, 0.5) is 11.6 Å². The summed E-state index contributed by atoms with van der Waals surface area (Å²) in [5.74, 6) is -2.05. The molecule has 0 aliphatic carbocycles. The lowest BCUT2D eigenvalue weighted by molar-refractivity contribution is -0.118. The largest absolute Gasteiger partial charge is 0.482 e. The lowest BCUT2D eigenvalue weighted by Gasteiger charge is -2.18. The molecular formula is C26H27ClN8O7. The minimum atomic E-state index is -1.31. The van der Waals surface area contributed by atoms with E-state index in [4.69, 9.17) is 16.2 Å². The summed E-state index contributed by atoms with van der Waals surface area (Å²) < 4.78 is 10.8. The van der Waals surface area contributed by atoms with Crippen LogP contribution in [0.25, 0.3) is 5.78 Å². The van der Waals surface area contributed by atoms with Crippen molar-refractivity contribution in [2.75, 3.05) is 24.8 Å². The van der Waals surface area contributed by atoms with E-state index in [9.17, 15) is 24.3 Å². The van der Waals surface area contributed by atoms with Crippen LogP contribution >= 0.6 is 12.4 Å². The Hall–Kier alpha value is -5.28. The monoisotopic (exact) mass is 598 g/mol. The van der Waals surface area contributed by atoms with Crippen LogP contribution in [0, 0.1) is 0 Å². The van der Waals surface area contributed by atoms with Gasteiger partial charge in [-0.15, -0.1) is 17.5 Å². The van der Waals surface area contributed by atoms with Crippen LogP contribution in [0.2, 0.25) is 0 Å². The number of rotatable bonds is 6. The first kappa shape index (κ1) is 31.3. The van der Waals surface area contributed by atoms with Gasteiger partial charge in [-0.2, -0.15) is 9.50 Å². The molecule has 0 spiro atoms. The number of fused-ring (bicyclic) bond motifs is 2. The van der Waals surface area contributed by atoms with Crippen molar-refractivity contribution >= 4 is 53.6 Å². The summed E-state index contributed by atoms with van der Waals surface area (Å²) in [5, 5.41) is 18.5. The Morgan fingerprint density at radius 2 is 1.88 bits per heavy atom. The number of nitrogens with two attached hydrogens (primary N) is 2. The summed E-state index contributed by atoms with van der Waals surface area (Å²) >= 11 is 0. The number of carboxylic acid groups (broad SMARTS) is 1. The number of nitrogen functional groups attached to an aromatic ring is 1. The van der Waals surface area contributed by atoms with E-state index in [2.05, 4.69) is 30.4 Å². The van der Waals surface area contributed by atoms with E-state index in [1.54, 1.807) is 31.2 Å². The number of esters is 1. The number of aromatic carboxylic acids is 1. The molecule has 3 heterocycles. The summed E-state index contributed by atoms with van der Waals surface area (Å²) in [6.07, 6.45) is 0. The Kier molecular flexibility index (Phi) is 9.96. The second kappa shape index (κ2) is 13.4. The number of hydrogen-bond acceptors (Lipinski definition) is 11. The zero-order chi connectivity index (χ0) is 29.7. The van der Waals surface area contributed by atoms with E-state index >= 15 is 0 Å². The molecule has 5 rings (SSSR count). The number of carbonyl (C=O) groups is 4. The second-order valence-electron chi connectivity index (χ2n) is 8.69. The van der Waals surface area contributed by atoms with Crippen LogP contribution < -0.4 is 26.8 Å². The van der Waals surface area contributed by atoms with Gasteiger partial charge in [0.15, 0.2) is 12.3 Å². The number of carboxylic acids is 1. The molecule has 1 aliphatic heterocycles. The number of halogens is 1. The predicted octanol–water partition coefficient (Wildman–Crippen LogP) is 1.58. The molecule has 0 saturated carbocycles. The summed E-state index contributed by atoms with van der Waals surface area (Å²) in [6, 6.07) is 12.7. The first-order chi connectivity index (χ1) is 19.6. The number of ether oxygens (including phenoxy) is 2. The maximum Gasteiger partial charge on any atom is 0.354 e. The molecule has 0 bridgehead atoms. The molecule has 2 aromatic heterocycles. The fourth-order valence-electron chi connectivity index (χ4n) is 3.79. The van der Waals surface area contributed by atoms with Gasteiger partial charge in [0.1, 0.15) is 11.4 Å². The number of aromatic nitrogens is 4. The van der Waals surface area contributed by atoms with E-state index in [1.807, 2.05) is 18.2 Å². The molecule has 2 amide bonds. The van der Waals surface area contributed by atoms with E-state index in [-0.39, 0.29) is 48.0 Å². The third-order valence-corrected chi connectivity index (χ3v) is 5.87. The normalized spacial score (nSPS) is 12.3. The Labute approximate surface area is 244 Å². The number of amides is 2. The van der Waals surface area contributed by atoms with Crippen molar-refractivity contribution in [2.24, 2.45) is 5.73 Å². The van der Waals surface area contributed by atoms with Gasteiger partial charge in [-0.25, -0.2) is 14.6 Å². The van der Waals surface area contributed by atoms with E-state index in [0.717, 1.165) is 21.7 Å². The Bertz CT molecular complexity index is 1640. The molecule has 42 heavy (non-hydrogen) atoms. The Morgan fingerprint density at radius 3 is 2.52 bits per heavy atom. The van der Waals surface area contributed by atoms with Gasteiger partial charge in [0.2, 0.25) is 5.95 Å². The summed E-state index contributed by atoms with van der Waals surface area (Å²) in [4.78, 5) is 54.2. The molecule has 0 saturated heterocycles. The first-order valence-electron chi connectivity index (χ1n) is 12.1. The highest BCUT2D eigenvalue weighted by Crippen LogP contribution is 2.28. The minimum Gasteiger partial charge on any atom is -0.482 e. The molecule has 15 nitrogen and oxygen atoms in total. The zero-order valence-electron chi connectivity index (χ0n) is 22.4. The van der Waals surface area contributed by atoms with Crippen molar-refractivity contribution in [1.82, 2.24) is 24.9 Å². The van der Waals surface area contributed by atoms with E-state index in [1.165, 1.54) is 7.11 Å². The lowest BCUT2D eigenvalue weighted by atomic mass is 10.1. The zero-order valence-corrected chi connectivity index (χ0v) is 23.2. The summed E-state index contributed by atoms with van der Waals surface area (Å²) in [5.41, 5.74) is 13.3. The number of nitrogens with zero attached hydrogens (tertiary/aromatic N) is 4. The van der Waals surface area contributed by atoms with Gasteiger partial charge in [0.05, 0.1) is 24.4 Å². The molecule has 7 N–H and O–H groups in total. The Balaban J connectivity index is 0.000000289. The highest BCUT2D eigenvalue weighted by atomic mass is 35.5. The number of methoxy groups -OCH3 is 1. The molecule has 0 radical (unpaired) electrons. The molecule has 1 aliphatic rings. The third-order valence-electron chi connectivity index (χ3n) is 5.87. The van der Waals surface area contributed by atoms with E-state index in [0.29, 0.717) is 23.5 Å². The van der Waals surface area contributed by atoms with Gasteiger partial charge in [0, 0.05) is 12.6 Å². The van der Waals surface area contributed by atoms with Crippen molar-refractivity contribution in [3.8, 4) is 5.75 Å². The van der Waals surface area contributed by atoms with Crippen molar-refractivity contribution in [3.05, 3.63) is 76.6 Å². The van der Waals surface area contributed by atoms with Gasteiger partial charge < -0.3 is 36.7 Å². The average Bonchev–Trinajstić information content (AvgIpc) is 3.35. The Morgan fingerprint density at radius 1 is 1.17 bits per heavy atom. The van der Waals surface area contributed by atoms with Crippen LogP contribution in [0.5, 0.6) is 5.75 Å². The number of anilines is 2. The molecule has 0 unspecified atom stereocenters. The standard InChI is InChI=1S/C17H16N6O5.C9H10N2O2.ClH/c1-8(9-3-5-10(6-4-9)15(27)28-2)19-13(24)11-7-12(14(25)26)23-17(20-11)21-16(18)22-23;10-4-6-1-2-8-7(3-6)11-9(12)5-13-8;/h3-8H,1-2H3,(H2,18,22)(H,19,24)(H,25,26);1-3H,4-5,10H2,(H,11,12);1H/t8-;;/m0../s1. The quantitative estimate of drug-likeness (QED) is 0.199. The number of nitrogens with one attached hydrogen (secondary N) is 2. The van der Waals surface area contributed by atoms with Gasteiger partial charge in [-0.3, -0.25) is 9.59 Å². The fourth-order valence-corrected chi connectivity index (χ4v) is 3.79. The molecule has 0 fully saturated rings. The molecule has 1 atom stereocenters. The van der Waals surface area contributed by atoms with Crippen molar-refractivity contribution < 1.29 is 33.8 Å². The van der Waals surface area contributed by atoms with Crippen LogP contribution in [0.3, 0.4) is 0 Å². The average molecular weight is 599 g/mol. The van der Waals surface area contributed by atoms with Gasteiger partial charge in [0.25, 0.3) is 17.6 Å². The minimum absolute atomic E-state index is 0. The van der Waals surface area contributed by atoms with Crippen molar-refractivity contribution in [2.45, 2.75) is 19.5 Å². The number of benzene rings is 2. The maximum atomic E-state index is 12.5. The SMILES string of the molecule is COC(=O)c1ccc([C@H](C)NC(=O)c2cc(C(=O)O)n3nc(N)nc3n2)cc1.Cl.NCc1ccc2c(c1)NC(=O)CO2. The van der Waals surface area contributed by atoms with Crippen LogP contribution in [-0.4, -0.2) is 62.2 Å². The van der Waals surface area contributed by atoms with Crippen LogP contribution in [0.1, 0.15) is 55.4 Å². The predicted molar refractivity (Wildman–Crippen MR) is 152 cm³/mol. The molecule has 16 heteroatoms. The van der Waals surface area contributed by atoms with E-state index < -0.39 is 23.9 Å². The summed E-state index contributed by atoms with van der Waals surface area (Å²) in [7, 11) is 1.29. The van der Waals surface area contributed by atoms with Crippen LogP contribution in [0.15, 0.2) is 48.5 Å². The molecule has 220 valence electrons. The number of hydrogen-bond donors (Lipinski definition) is 5. The highest BCUT2D eigenvalue weighted by Gasteiger charge is 2.20. The van der Waals surface area contributed by atoms with Crippen molar-refractivity contribution in [3.63, 3.8) is 0 Å². The molecule has 2 aromatic carbocycles. The topological polar surface area (TPSA) is 226 Å². The second-order valence-corrected chi connectivity index (χ2v) is 8.69. The fraction of sp³-hybridized carbons (Fsp3) is 0.192. The van der Waals surface area contributed by atoms with Gasteiger partial charge in [-0.1, -0.05) is 18.2 Å². The van der Waals surface area contributed by atoms with Crippen LogP contribution in [-0.2, 0) is 16.1 Å². The highest BCUT2D eigenvalue weighted by molar-refractivity contribution is 5.96. The summed E-state index contributed by atoms with van der Waals surface area (Å²) in [6.45, 7) is 2.29. The van der Waals surface area contributed by atoms with Gasteiger partial charge >= 0.3 is 11.9 Å². The van der Waals surface area contributed by atoms with Crippen molar-refractivity contribution in [1.29, 1.82) is 0 Å². The molecule has 4 aromatic rings. The lowest BCUT2D eigenvalue weighted by Crippen LogP contribution is -2.28. The number of carbonyl (C=O) groups excluding carboxylic acids is 3. The smallest absolute Gasteiger partial charge is 0.354 e. The first-order valence-corrected chi connectivity index (χ1v) is 12.1. The van der Waals surface area contributed by atoms with Gasteiger partial charge in [-0.05, 0) is 42.3 Å². The maximum absolute atomic E-state index is 12.5.